The van der Waals surface area contributed by atoms with Crippen LogP contribution in [-0.4, -0.2) is 44.4 Å². The molecular formula is C12H11ClFN5O3. The lowest BCUT2D eigenvalue weighted by Crippen LogP contribution is -2.59. The Hall–Kier alpha value is -2.26. The van der Waals surface area contributed by atoms with Crippen molar-refractivity contribution in [2.24, 2.45) is 7.05 Å². The van der Waals surface area contributed by atoms with Gasteiger partial charge >= 0.3 is 6.09 Å². The normalized spacial score (nSPS) is 16.1. The van der Waals surface area contributed by atoms with Crippen molar-refractivity contribution in [3.05, 3.63) is 28.9 Å². The number of hydrogen-bond acceptors (Lipinski definition) is 5. The van der Waals surface area contributed by atoms with Crippen LogP contribution >= 0.6 is 11.6 Å². The molecule has 1 fully saturated rings. The lowest BCUT2D eigenvalue weighted by Gasteiger charge is -2.39. The first kappa shape index (κ1) is 14.7. The molecule has 3 rings (SSSR count). The van der Waals surface area contributed by atoms with Gasteiger partial charge in [-0.15, -0.1) is 0 Å². The minimum Gasteiger partial charge on any atom is -0.465 e. The van der Waals surface area contributed by atoms with Crippen LogP contribution in [0.4, 0.5) is 9.18 Å². The maximum atomic E-state index is 14.2. The van der Waals surface area contributed by atoms with Gasteiger partial charge in [0, 0.05) is 18.8 Å². The predicted octanol–water partition coefficient (Wildman–Crippen LogP) is 1.16. The number of pyridine rings is 1. The van der Waals surface area contributed by atoms with Gasteiger partial charge in [0.05, 0.1) is 13.2 Å². The number of aryl methyl sites for hydroxylation is 1. The summed E-state index contributed by atoms with van der Waals surface area (Å²) in [7, 11) is 1.56. The fourth-order valence-corrected chi connectivity index (χ4v) is 2.45. The van der Waals surface area contributed by atoms with E-state index in [0.717, 1.165) is 0 Å². The minimum absolute atomic E-state index is 0.0887. The number of halogens is 2. The second-order valence-electron chi connectivity index (χ2n) is 4.86. The van der Waals surface area contributed by atoms with Gasteiger partial charge in [-0.3, -0.25) is 0 Å². The number of aromatic nitrogens is 4. The number of nitrogens with one attached hydrogen (secondary N) is 1. The van der Waals surface area contributed by atoms with Gasteiger partial charge in [0.15, 0.2) is 11.0 Å². The van der Waals surface area contributed by atoms with Crippen molar-refractivity contribution < 1.29 is 19.0 Å². The standard InChI is InChI=1S/C12H11ClFN5O3/c1-19-17-8(6-2-3-15-10(13)7(6)14)9(18-19)12(4-22-5-12)16-11(20)21/h2-3,16H,4-5H2,1H3,(H,20,21). The summed E-state index contributed by atoms with van der Waals surface area (Å²) in [6.07, 6.45) is 0.112. The summed E-state index contributed by atoms with van der Waals surface area (Å²) in [5.41, 5.74) is -0.481. The maximum Gasteiger partial charge on any atom is 0.405 e. The van der Waals surface area contributed by atoms with Gasteiger partial charge < -0.3 is 15.2 Å². The van der Waals surface area contributed by atoms with E-state index in [1.54, 1.807) is 7.05 Å². The van der Waals surface area contributed by atoms with Crippen LogP contribution in [0.5, 0.6) is 0 Å². The zero-order valence-corrected chi connectivity index (χ0v) is 12.1. The van der Waals surface area contributed by atoms with Crippen LogP contribution in [0.15, 0.2) is 12.3 Å². The smallest absolute Gasteiger partial charge is 0.405 e. The molecule has 0 aliphatic carbocycles. The van der Waals surface area contributed by atoms with Crippen LogP contribution in [-0.2, 0) is 17.3 Å². The van der Waals surface area contributed by atoms with Crippen molar-refractivity contribution in [1.29, 1.82) is 0 Å². The number of amides is 1. The Kier molecular flexibility index (Phi) is 3.45. The second kappa shape index (κ2) is 5.18. The van der Waals surface area contributed by atoms with E-state index in [9.17, 15) is 9.18 Å². The molecule has 22 heavy (non-hydrogen) atoms. The van der Waals surface area contributed by atoms with Crippen LogP contribution in [0.2, 0.25) is 5.15 Å². The lowest BCUT2D eigenvalue weighted by molar-refractivity contribution is -0.0764. The number of carbonyl (C=O) groups is 1. The summed E-state index contributed by atoms with van der Waals surface area (Å²) in [6, 6.07) is 1.41. The first-order chi connectivity index (χ1) is 10.4. The molecule has 0 bridgehead atoms. The Balaban J connectivity index is 2.14. The number of rotatable bonds is 3. The average molecular weight is 328 g/mol. The topological polar surface area (TPSA) is 102 Å². The predicted molar refractivity (Wildman–Crippen MR) is 72.9 cm³/mol. The summed E-state index contributed by atoms with van der Waals surface area (Å²) in [6.45, 7) is 0.177. The van der Waals surface area contributed by atoms with Gasteiger partial charge in [0.1, 0.15) is 16.9 Å². The highest BCUT2D eigenvalue weighted by Crippen LogP contribution is 2.36. The van der Waals surface area contributed by atoms with Crippen molar-refractivity contribution in [3.63, 3.8) is 0 Å². The summed E-state index contributed by atoms with van der Waals surface area (Å²) in [4.78, 5) is 15.9. The van der Waals surface area contributed by atoms with Crippen molar-refractivity contribution in [3.8, 4) is 11.3 Å². The highest BCUT2D eigenvalue weighted by Gasteiger charge is 2.47. The molecule has 8 nitrogen and oxygen atoms in total. The molecule has 1 aliphatic rings. The minimum atomic E-state index is -1.23. The van der Waals surface area contributed by atoms with Crippen molar-refractivity contribution >= 4 is 17.7 Å². The fraction of sp³-hybridized carbons (Fsp3) is 0.333. The quantitative estimate of drug-likeness (QED) is 0.820. The largest absolute Gasteiger partial charge is 0.465 e. The molecular weight excluding hydrogens is 317 g/mol. The Bertz CT molecular complexity index is 746. The van der Waals surface area contributed by atoms with E-state index >= 15 is 0 Å². The average Bonchev–Trinajstić information content (AvgIpc) is 2.79. The monoisotopic (exact) mass is 327 g/mol. The highest BCUT2D eigenvalue weighted by molar-refractivity contribution is 6.29. The number of carboxylic acid groups (broad SMARTS) is 1. The molecule has 2 aromatic heterocycles. The molecule has 3 heterocycles. The molecule has 0 aromatic carbocycles. The van der Waals surface area contributed by atoms with E-state index in [2.05, 4.69) is 20.5 Å². The van der Waals surface area contributed by atoms with E-state index in [1.807, 2.05) is 0 Å². The third kappa shape index (κ3) is 2.28. The second-order valence-corrected chi connectivity index (χ2v) is 5.21. The van der Waals surface area contributed by atoms with Crippen LogP contribution < -0.4 is 5.32 Å². The third-order valence-electron chi connectivity index (χ3n) is 3.31. The van der Waals surface area contributed by atoms with Crippen LogP contribution in [0.3, 0.4) is 0 Å². The Morgan fingerprint density at radius 3 is 2.86 bits per heavy atom. The molecule has 1 aliphatic heterocycles. The summed E-state index contributed by atoms with van der Waals surface area (Å²) in [5.74, 6) is -0.739. The molecule has 0 radical (unpaired) electrons. The molecule has 0 unspecified atom stereocenters. The molecule has 116 valence electrons. The Morgan fingerprint density at radius 2 is 2.27 bits per heavy atom. The molecule has 2 N–H and O–H groups in total. The van der Waals surface area contributed by atoms with Gasteiger partial charge in [-0.2, -0.15) is 15.0 Å². The molecule has 0 spiro atoms. The first-order valence-corrected chi connectivity index (χ1v) is 6.62. The fourth-order valence-electron chi connectivity index (χ4n) is 2.29. The van der Waals surface area contributed by atoms with Crippen LogP contribution in [0, 0.1) is 5.82 Å². The first-order valence-electron chi connectivity index (χ1n) is 6.24. The van der Waals surface area contributed by atoms with Gasteiger partial charge in [-0.05, 0) is 6.07 Å². The van der Waals surface area contributed by atoms with E-state index in [1.165, 1.54) is 17.1 Å². The molecule has 10 heteroatoms. The highest BCUT2D eigenvalue weighted by atomic mass is 35.5. The summed E-state index contributed by atoms with van der Waals surface area (Å²) in [5, 5.41) is 19.4. The molecule has 2 aromatic rings. The third-order valence-corrected chi connectivity index (χ3v) is 3.58. The Morgan fingerprint density at radius 1 is 1.55 bits per heavy atom. The van der Waals surface area contributed by atoms with Crippen molar-refractivity contribution in [2.45, 2.75) is 5.54 Å². The van der Waals surface area contributed by atoms with E-state index in [-0.39, 0.29) is 35.3 Å². The van der Waals surface area contributed by atoms with Gasteiger partial charge in [0.25, 0.3) is 0 Å². The van der Waals surface area contributed by atoms with Gasteiger partial charge in [-0.25, -0.2) is 14.2 Å². The van der Waals surface area contributed by atoms with Crippen molar-refractivity contribution in [2.75, 3.05) is 13.2 Å². The molecule has 1 amide bonds. The van der Waals surface area contributed by atoms with E-state index < -0.39 is 17.4 Å². The molecule has 0 atom stereocenters. The van der Waals surface area contributed by atoms with Gasteiger partial charge in [-0.1, -0.05) is 11.6 Å². The van der Waals surface area contributed by atoms with Gasteiger partial charge in [0.2, 0.25) is 0 Å². The van der Waals surface area contributed by atoms with E-state index in [0.29, 0.717) is 0 Å². The summed E-state index contributed by atoms with van der Waals surface area (Å²) >= 11 is 5.69. The zero-order chi connectivity index (χ0) is 15.9. The van der Waals surface area contributed by atoms with Crippen LogP contribution in [0.1, 0.15) is 5.69 Å². The number of ether oxygens (including phenoxy) is 1. The van der Waals surface area contributed by atoms with Crippen LogP contribution in [0.25, 0.3) is 11.3 Å². The number of nitrogens with zero attached hydrogens (tertiary/aromatic N) is 4. The van der Waals surface area contributed by atoms with Crippen molar-refractivity contribution in [1.82, 2.24) is 25.3 Å². The van der Waals surface area contributed by atoms with E-state index in [4.69, 9.17) is 21.4 Å². The Labute approximate surface area is 128 Å². The SMILES string of the molecule is Cn1nc(-c2ccnc(Cl)c2F)c(C2(NC(=O)O)COC2)n1. The lowest BCUT2D eigenvalue weighted by atomic mass is 9.90. The molecule has 1 saturated heterocycles. The zero-order valence-electron chi connectivity index (χ0n) is 11.4. The maximum absolute atomic E-state index is 14.2. The number of hydrogen-bond donors (Lipinski definition) is 2. The molecule has 0 saturated carbocycles. The summed E-state index contributed by atoms with van der Waals surface area (Å²) < 4.78 is 19.3.